The van der Waals surface area contributed by atoms with Gasteiger partial charge in [-0.25, -0.2) is 0 Å². The zero-order chi connectivity index (χ0) is 55.5. The molecule has 15 atom stereocenters. The number of carbonyl (C=O) groups excluding carboxylic acids is 7. The molecule has 0 bridgehead atoms. The lowest BCUT2D eigenvalue weighted by molar-refractivity contribution is -0.148. The van der Waals surface area contributed by atoms with Gasteiger partial charge in [0.2, 0.25) is 41.4 Å². The monoisotopic (exact) mass is 1060 g/mol. The molecule has 0 aliphatic carbocycles. The lowest BCUT2D eigenvalue weighted by atomic mass is 9.96. The Morgan fingerprint density at radius 2 is 1.24 bits per heavy atom. The van der Waals surface area contributed by atoms with Crippen molar-refractivity contribution >= 4 is 41.4 Å². The summed E-state index contributed by atoms with van der Waals surface area (Å²) in [6, 6.07) is -6.61. The van der Waals surface area contributed by atoms with E-state index in [0.717, 1.165) is 74.3 Å². The van der Waals surface area contributed by atoms with Crippen LogP contribution in [0.15, 0.2) is 48.6 Å². The summed E-state index contributed by atoms with van der Waals surface area (Å²) in [5.41, 5.74) is -0.0614. The van der Waals surface area contributed by atoms with Gasteiger partial charge < -0.3 is 82.3 Å². The highest BCUT2D eigenvalue weighted by molar-refractivity contribution is 5.98. The summed E-state index contributed by atoms with van der Waals surface area (Å²) in [5, 5.41) is 110. The second kappa shape index (κ2) is 30.3. The number of rotatable bonds is 20. The van der Waals surface area contributed by atoms with Crippen LogP contribution in [0, 0.1) is 5.92 Å². The maximum atomic E-state index is 14.3. The van der Waals surface area contributed by atoms with E-state index >= 15 is 0 Å². The molecular formula is C52H81N7O16. The number of unbranched alkanes of at least 4 members (excludes halogenated alkanes) is 8. The van der Waals surface area contributed by atoms with E-state index in [0.29, 0.717) is 12.8 Å². The Morgan fingerprint density at radius 3 is 1.85 bits per heavy atom. The molecule has 0 saturated carbocycles. The minimum Gasteiger partial charge on any atom is -0.508 e. The SMILES string of the molecule is CCCCC/C=C/C/C=C/CCCCCCCC(=O)N[C@H]1C[C@@H](O)[C@@H](O)NC(=O)[C@@H]2[C@@H](O)[C@@H](C)CN2C(=O)[C@H]([C@@H](C)O)NC(=O)C([C@H](O)[C@@H](O)c2ccc(O)cc2)NC(=O)[C@@H]2C[C@@H](O)CN2C(=O)C([C@@H](C)O)NC1=O. The van der Waals surface area contributed by atoms with Crippen LogP contribution in [0.25, 0.3) is 0 Å². The van der Waals surface area contributed by atoms with Gasteiger partial charge in [-0.2, -0.15) is 0 Å². The summed E-state index contributed by atoms with van der Waals surface area (Å²) < 4.78 is 0. The van der Waals surface area contributed by atoms with Crippen LogP contribution >= 0.6 is 0 Å². The van der Waals surface area contributed by atoms with Crippen molar-refractivity contribution in [3.05, 3.63) is 54.1 Å². The molecule has 1 aromatic rings. The third-order valence-electron chi connectivity index (χ3n) is 13.9. The van der Waals surface area contributed by atoms with Crippen molar-refractivity contribution in [2.75, 3.05) is 13.1 Å². The summed E-state index contributed by atoms with van der Waals surface area (Å²) in [5.74, 6) is -8.97. The van der Waals surface area contributed by atoms with E-state index in [9.17, 15) is 79.5 Å². The summed E-state index contributed by atoms with van der Waals surface area (Å²) in [6.07, 6.45) is 2.50. The third-order valence-corrected chi connectivity index (χ3v) is 13.9. The van der Waals surface area contributed by atoms with Crippen molar-refractivity contribution in [3.63, 3.8) is 0 Å². The predicted octanol–water partition coefficient (Wildman–Crippen LogP) is -1.33. The Balaban J connectivity index is 1.62. The van der Waals surface area contributed by atoms with Crippen LogP contribution in [0.3, 0.4) is 0 Å². The first-order chi connectivity index (χ1) is 35.6. The molecule has 3 heterocycles. The average Bonchev–Trinajstić information content (AvgIpc) is 3.91. The van der Waals surface area contributed by atoms with E-state index in [-0.39, 0.29) is 24.3 Å². The van der Waals surface area contributed by atoms with Crippen LogP contribution in [0.1, 0.15) is 129 Å². The van der Waals surface area contributed by atoms with Crippen molar-refractivity contribution in [3.8, 4) is 5.75 Å². The number of amides is 7. The highest BCUT2D eigenvalue weighted by Crippen LogP contribution is 2.28. The minimum absolute atomic E-state index is 0.0614. The highest BCUT2D eigenvalue weighted by atomic mass is 16.3. The normalized spacial score (nSPS) is 29.4. The van der Waals surface area contributed by atoms with Crippen LogP contribution < -0.4 is 26.6 Å². The number of nitrogens with zero attached hydrogens (tertiary/aromatic N) is 2. The summed E-state index contributed by atoms with van der Waals surface area (Å²) in [4.78, 5) is 100. The number of fused-ring (bicyclic) bond motifs is 2. The number of aliphatic hydroxyl groups excluding tert-OH is 8. The number of phenolic OH excluding ortho intramolecular Hbond substituents is 1. The van der Waals surface area contributed by atoms with Crippen molar-refractivity contribution < 1.29 is 79.5 Å². The lowest BCUT2D eigenvalue weighted by Gasteiger charge is -2.34. The standard InChI is InChI=1S/C52H81N7O16/c1-5-6-7-8-9-10-11-12-13-14-15-16-17-18-19-20-38(65)53-35-26-37(64)48(71)57-50(73)42-43(66)29(2)27-59(42)52(75)40(31(4)61)55-49(72)41(45(68)44(67)32-21-23-33(62)24-22-32)56-47(70)36-25-34(63)28-58(36)51(74)39(30(3)60)54-46(35)69/h9-10,12-13,21-24,29-31,34-37,39-45,48,60-64,66-68,71H,5-8,11,14-20,25-28H2,1-4H3,(H,53,65)(H,54,69)(H,55,72)(H,56,70)(H,57,73)/b10-9+,13-12+/t29-,30+,31+,34+,35-,36-,37+,39?,40-,41?,42-,43-,44-,45-,48+/m0/s1. The third kappa shape index (κ3) is 18.0. The molecule has 1 aromatic carbocycles. The molecule has 420 valence electrons. The number of allylic oxidation sites excluding steroid dienone is 4. The first-order valence-electron chi connectivity index (χ1n) is 26.2. The molecular weight excluding hydrogens is 979 g/mol. The van der Waals surface area contributed by atoms with Crippen molar-refractivity contribution in [1.29, 1.82) is 0 Å². The van der Waals surface area contributed by atoms with Crippen LogP contribution in [0.5, 0.6) is 5.75 Å². The van der Waals surface area contributed by atoms with Crippen LogP contribution in [0.4, 0.5) is 0 Å². The molecule has 23 nitrogen and oxygen atoms in total. The maximum Gasteiger partial charge on any atom is 0.248 e. The van der Waals surface area contributed by atoms with Crippen molar-refractivity contribution in [2.45, 2.75) is 203 Å². The van der Waals surface area contributed by atoms with E-state index in [4.69, 9.17) is 0 Å². The molecule has 0 aromatic heterocycles. The lowest BCUT2D eigenvalue weighted by Crippen LogP contribution is -2.64. The molecule has 0 spiro atoms. The molecule has 75 heavy (non-hydrogen) atoms. The van der Waals surface area contributed by atoms with Crippen molar-refractivity contribution in [2.24, 2.45) is 5.92 Å². The van der Waals surface area contributed by atoms with Gasteiger partial charge in [0, 0.05) is 38.3 Å². The molecule has 3 aliphatic rings. The summed E-state index contributed by atoms with van der Waals surface area (Å²) >= 11 is 0. The Morgan fingerprint density at radius 1 is 0.680 bits per heavy atom. The van der Waals surface area contributed by atoms with Gasteiger partial charge in [0.15, 0.2) is 6.23 Å². The van der Waals surface area contributed by atoms with Crippen molar-refractivity contribution in [1.82, 2.24) is 36.4 Å². The van der Waals surface area contributed by atoms with E-state index in [1.807, 2.05) is 0 Å². The first kappa shape index (κ1) is 62.0. The quantitative estimate of drug-likeness (QED) is 0.0531. The number of hydrogen-bond donors (Lipinski definition) is 14. The van der Waals surface area contributed by atoms with E-state index in [1.54, 1.807) is 0 Å². The van der Waals surface area contributed by atoms with Crippen LogP contribution in [0.2, 0.25) is 0 Å². The fraction of sp³-hybridized carbons (Fsp3) is 0.673. The Bertz CT molecular complexity index is 2110. The zero-order valence-electron chi connectivity index (χ0n) is 43.4. The van der Waals surface area contributed by atoms with Gasteiger partial charge in [0.1, 0.15) is 60.3 Å². The second-order valence-electron chi connectivity index (χ2n) is 20.1. The smallest absolute Gasteiger partial charge is 0.248 e. The Labute approximate surface area is 437 Å². The van der Waals surface area contributed by atoms with E-state index < -0.39 is 152 Å². The number of aliphatic hydroxyl groups is 8. The number of carbonyl (C=O) groups is 7. The molecule has 3 saturated heterocycles. The number of benzene rings is 1. The van der Waals surface area contributed by atoms with Crippen LogP contribution in [-0.2, 0) is 33.6 Å². The highest BCUT2D eigenvalue weighted by Gasteiger charge is 2.50. The molecule has 3 aliphatic heterocycles. The Kier molecular flexibility index (Phi) is 25.0. The molecule has 0 radical (unpaired) electrons. The largest absolute Gasteiger partial charge is 0.508 e. The maximum absolute atomic E-state index is 14.3. The zero-order valence-corrected chi connectivity index (χ0v) is 43.4. The predicted molar refractivity (Wildman–Crippen MR) is 271 cm³/mol. The molecule has 23 heteroatoms. The molecule has 14 N–H and O–H groups in total. The fourth-order valence-corrected chi connectivity index (χ4v) is 9.39. The molecule has 7 amide bonds. The van der Waals surface area contributed by atoms with E-state index in [1.165, 1.54) is 38.3 Å². The van der Waals surface area contributed by atoms with Gasteiger partial charge in [0.05, 0.1) is 24.4 Å². The summed E-state index contributed by atoms with van der Waals surface area (Å²) in [6.45, 7) is 4.97. The number of hydrogen-bond acceptors (Lipinski definition) is 16. The van der Waals surface area contributed by atoms with Gasteiger partial charge in [-0.1, -0.05) is 82.4 Å². The molecule has 4 rings (SSSR count). The van der Waals surface area contributed by atoms with Gasteiger partial charge in [0.25, 0.3) is 0 Å². The summed E-state index contributed by atoms with van der Waals surface area (Å²) in [7, 11) is 0. The minimum atomic E-state index is -2.27. The van der Waals surface area contributed by atoms with Gasteiger partial charge in [-0.05, 0) is 70.1 Å². The van der Waals surface area contributed by atoms with E-state index in [2.05, 4.69) is 57.8 Å². The Hall–Kier alpha value is -5.53. The van der Waals surface area contributed by atoms with Gasteiger partial charge in [-0.15, -0.1) is 0 Å². The van der Waals surface area contributed by atoms with Gasteiger partial charge >= 0.3 is 0 Å². The number of aromatic hydroxyl groups is 1. The fourth-order valence-electron chi connectivity index (χ4n) is 9.39. The molecule has 2 unspecified atom stereocenters. The number of nitrogens with one attached hydrogen (secondary N) is 5. The second-order valence-corrected chi connectivity index (χ2v) is 20.1. The van der Waals surface area contributed by atoms with Gasteiger partial charge in [-0.3, -0.25) is 33.6 Å². The average molecular weight is 1060 g/mol. The van der Waals surface area contributed by atoms with Crippen LogP contribution in [-0.4, -0.2) is 189 Å². The molecule has 3 fully saturated rings. The number of phenols is 1. The first-order valence-corrected chi connectivity index (χ1v) is 26.2. The topological polar surface area (TPSA) is 368 Å².